The number of ketones is 1. The van der Waals surface area contributed by atoms with E-state index in [4.69, 9.17) is 0 Å². The van der Waals surface area contributed by atoms with Crippen molar-refractivity contribution < 1.29 is 43.2 Å². The quantitative estimate of drug-likeness (QED) is 0.0664. The summed E-state index contributed by atoms with van der Waals surface area (Å²) < 4.78 is 0. The third-order valence-electron chi connectivity index (χ3n) is 4.27. The molecule has 0 aromatic rings. The Bertz CT molecular complexity index is 983. The molecule has 0 saturated heterocycles. The van der Waals surface area contributed by atoms with Crippen molar-refractivity contribution in [1.29, 1.82) is 0 Å². The molecule has 0 heterocycles. The summed E-state index contributed by atoms with van der Waals surface area (Å²) in [5, 5.41) is 20.6. The van der Waals surface area contributed by atoms with Crippen LogP contribution < -0.4 is 47.9 Å². The van der Waals surface area contributed by atoms with Gasteiger partial charge in [0.05, 0.1) is 58.9 Å². The summed E-state index contributed by atoms with van der Waals surface area (Å²) in [6.45, 7) is -1.66. The lowest BCUT2D eigenvalue weighted by Crippen LogP contribution is -2.47. The van der Waals surface area contributed by atoms with Gasteiger partial charge in [-0.15, -0.1) is 0 Å². The Balaban J connectivity index is 3.95. The van der Waals surface area contributed by atoms with Crippen molar-refractivity contribution in [2.45, 2.75) is 6.92 Å². The molecule has 0 fully saturated rings. The summed E-state index contributed by atoms with van der Waals surface area (Å²) in [5.74, 6) is -5.44. The summed E-state index contributed by atoms with van der Waals surface area (Å²) in [7, 11) is 1.56. The van der Waals surface area contributed by atoms with Crippen LogP contribution in [0.5, 0.6) is 0 Å². The second kappa shape index (κ2) is 21.1. The van der Waals surface area contributed by atoms with E-state index in [9.17, 15) is 43.2 Å². The average molecular weight is 570 g/mol. The van der Waals surface area contributed by atoms with E-state index in [1.165, 1.54) is 12.2 Å². The van der Waals surface area contributed by atoms with Crippen LogP contribution in [0, 0.1) is 0 Å². The minimum absolute atomic E-state index is 0.0271. The van der Waals surface area contributed by atoms with E-state index < -0.39 is 86.5 Å². The first-order valence-electron chi connectivity index (χ1n) is 11.9. The summed E-state index contributed by atoms with van der Waals surface area (Å²) in [4.78, 5) is 104. The molecule has 18 nitrogen and oxygen atoms in total. The molecule has 9 N–H and O–H groups in total. The van der Waals surface area contributed by atoms with Gasteiger partial charge in [0.25, 0.3) is 0 Å². The highest BCUT2D eigenvalue weighted by molar-refractivity contribution is 5.95. The maximum Gasteiger partial charge on any atom is 0.239 e. The molecule has 0 rings (SSSR count). The van der Waals surface area contributed by atoms with Gasteiger partial charge in [0.2, 0.25) is 47.3 Å². The van der Waals surface area contributed by atoms with Crippen LogP contribution in [0.1, 0.15) is 6.92 Å². The molecule has 0 aliphatic carbocycles. The lowest BCUT2D eigenvalue weighted by molar-refractivity contribution is -0.129. The van der Waals surface area contributed by atoms with E-state index in [1.54, 1.807) is 14.0 Å². The normalized spacial score (nSPS) is 10.1. The minimum atomic E-state index is -0.726. The fourth-order valence-electron chi connectivity index (χ4n) is 2.34. The third kappa shape index (κ3) is 20.2. The first-order chi connectivity index (χ1) is 19.0. The van der Waals surface area contributed by atoms with Gasteiger partial charge in [0, 0.05) is 0 Å². The highest BCUT2D eigenvalue weighted by Crippen LogP contribution is 1.76. The van der Waals surface area contributed by atoms with Crippen LogP contribution in [-0.2, 0) is 43.2 Å². The highest BCUT2D eigenvalue weighted by atomic mass is 16.2. The maximum atomic E-state index is 11.8. The Kier molecular flexibility index (Phi) is 18.5. The molecular formula is C22H35N9O9. The number of carbonyl (C=O) groups is 9. The molecule has 0 bridgehead atoms. The Hall–Kier alpha value is -4.87. The van der Waals surface area contributed by atoms with Gasteiger partial charge in [0.15, 0.2) is 5.78 Å². The van der Waals surface area contributed by atoms with Gasteiger partial charge in [-0.1, -0.05) is 6.08 Å². The van der Waals surface area contributed by atoms with Crippen LogP contribution in [0.2, 0.25) is 0 Å². The lowest BCUT2D eigenvalue weighted by Gasteiger charge is -2.09. The van der Waals surface area contributed by atoms with E-state index in [1.807, 2.05) is 0 Å². The van der Waals surface area contributed by atoms with Gasteiger partial charge in [0.1, 0.15) is 0 Å². The first kappa shape index (κ1) is 35.1. The Morgan fingerprint density at radius 3 is 0.850 bits per heavy atom. The van der Waals surface area contributed by atoms with E-state index in [2.05, 4.69) is 47.9 Å². The summed E-state index contributed by atoms with van der Waals surface area (Å²) in [6.07, 6.45) is 2.80. The second-order valence-electron chi connectivity index (χ2n) is 7.71. The number of amides is 8. The molecular weight excluding hydrogens is 534 g/mol. The Labute approximate surface area is 229 Å². The van der Waals surface area contributed by atoms with Crippen molar-refractivity contribution in [3.63, 3.8) is 0 Å². The average Bonchev–Trinajstić information content (AvgIpc) is 2.92. The van der Waals surface area contributed by atoms with Crippen molar-refractivity contribution >= 4 is 53.0 Å². The van der Waals surface area contributed by atoms with Crippen LogP contribution >= 0.6 is 0 Å². The smallest absolute Gasteiger partial charge is 0.239 e. The predicted molar refractivity (Wildman–Crippen MR) is 138 cm³/mol. The number of nitrogens with one attached hydrogen (secondary N) is 9. The third-order valence-corrected chi connectivity index (χ3v) is 4.27. The van der Waals surface area contributed by atoms with Crippen molar-refractivity contribution in [2.24, 2.45) is 0 Å². The topological polar surface area (TPSA) is 262 Å². The number of hydrogen-bond donors (Lipinski definition) is 9. The number of hydrogen-bond acceptors (Lipinski definition) is 10. The van der Waals surface area contributed by atoms with E-state index >= 15 is 0 Å². The first-order valence-corrected chi connectivity index (χ1v) is 11.9. The van der Waals surface area contributed by atoms with E-state index in [0.29, 0.717) is 0 Å². The standard InChI is InChI=1S/C22H35N9O9/c1-3-4-14(32)5-24-16(34)7-26-18(36)9-28-20(38)11-30-22(40)13-31-21(39)12-29-19(37)10-27-17(35)8-25-15(33)6-23-2/h3-4,23H,5-13H2,1-2H3,(H,24,34)(H,25,33)(H,26,36)(H,27,35)(H,28,38)(H,29,37)(H,30,40)(H,31,39)/b4-3+. The van der Waals surface area contributed by atoms with E-state index in [-0.39, 0.29) is 25.4 Å². The molecule has 8 amide bonds. The van der Waals surface area contributed by atoms with Gasteiger partial charge in [-0.3, -0.25) is 43.2 Å². The van der Waals surface area contributed by atoms with Gasteiger partial charge in [-0.25, -0.2) is 0 Å². The summed E-state index contributed by atoms with van der Waals surface area (Å²) in [6, 6.07) is 0. The molecule has 0 aromatic carbocycles. The van der Waals surface area contributed by atoms with Crippen LogP contribution in [0.3, 0.4) is 0 Å². The zero-order valence-electron chi connectivity index (χ0n) is 22.2. The molecule has 0 unspecified atom stereocenters. The molecule has 0 atom stereocenters. The predicted octanol–water partition coefficient (Wildman–Crippen LogP) is -6.72. The number of carbonyl (C=O) groups excluding carboxylic acids is 9. The molecule has 0 spiro atoms. The molecule has 0 radical (unpaired) electrons. The molecule has 40 heavy (non-hydrogen) atoms. The van der Waals surface area contributed by atoms with Crippen LogP contribution in [-0.4, -0.2) is 119 Å². The van der Waals surface area contributed by atoms with Crippen LogP contribution in [0.15, 0.2) is 12.2 Å². The Morgan fingerprint density at radius 2 is 0.625 bits per heavy atom. The van der Waals surface area contributed by atoms with Crippen molar-refractivity contribution in [3.8, 4) is 0 Å². The zero-order valence-corrected chi connectivity index (χ0v) is 22.2. The van der Waals surface area contributed by atoms with Crippen molar-refractivity contribution in [3.05, 3.63) is 12.2 Å². The summed E-state index contributed by atoms with van der Waals surface area (Å²) in [5.41, 5.74) is 0. The lowest BCUT2D eigenvalue weighted by atomic mass is 10.3. The number of rotatable bonds is 19. The monoisotopic (exact) mass is 569 g/mol. The number of allylic oxidation sites excluding steroid dienone is 1. The number of likely N-dealkylation sites (N-methyl/N-ethyl adjacent to an activating group) is 1. The van der Waals surface area contributed by atoms with Crippen LogP contribution in [0.25, 0.3) is 0 Å². The SMILES string of the molecule is C/C=C/C(=O)CNC(=O)CNC(=O)CNC(=O)CNC(=O)CNC(=O)CNC(=O)CNC(=O)CNC(=O)CNC. The zero-order chi connectivity index (χ0) is 30.3. The summed E-state index contributed by atoms with van der Waals surface area (Å²) >= 11 is 0. The molecule has 0 aliphatic heterocycles. The molecule has 18 heteroatoms. The highest BCUT2D eigenvalue weighted by Gasteiger charge is 2.12. The molecule has 0 aliphatic rings. The maximum absolute atomic E-state index is 11.8. The Morgan fingerprint density at radius 1 is 0.400 bits per heavy atom. The second-order valence-corrected chi connectivity index (χ2v) is 7.71. The van der Waals surface area contributed by atoms with Gasteiger partial charge in [-0.2, -0.15) is 0 Å². The van der Waals surface area contributed by atoms with E-state index in [0.717, 1.165) is 0 Å². The van der Waals surface area contributed by atoms with Crippen molar-refractivity contribution in [2.75, 3.05) is 66.0 Å². The molecule has 222 valence electrons. The molecule has 0 aromatic heterocycles. The van der Waals surface area contributed by atoms with Crippen molar-refractivity contribution in [1.82, 2.24) is 47.9 Å². The van der Waals surface area contributed by atoms with Gasteiger partial charge < -0.3 is 47.9 Å². The molecule has 0 saturated carbocycles. The van der Waals surface area contributed by atoms with Crippen LogP contribution in [0.4, 0.5) is 0 Å². The van der Waals surface area contributed by atoms with Gasteiger partial charge in [-0.05, 0) is 20.0 Å². The van der Waals surface area contributed by atoms with Gasteiger partial charge >= 0.3 is 0 Å². The minimum Gasteiger partial charge on any atom is -0.347 e. The fourth-order valence-corrected chi connectivity index (χ4v) is 2.34. The fraction of sp³-hybridized carbons (Fsp3) is 0.500. The largest absolute Gasteiger partial charge is 0.347 e.